The van der Waals surface area contributed by atoms with Crippen LogP contribution in [-0.2, 0) is 9.84 Å². The van der Waals surface area contributed by atoms with E-state index in [1.165, 1.54) is 13.2 Å². The molecule has 0 bridgehead atoms. The molecule has 0 N–H and O–H groups in total. The molecule has 0 spiro atoms. The summed E-state index contributed by atoms with van der Waals surface area (Å²) in [6.45, 7) is 0. The first kappa shape index (κ1) is 10.8. The molecule has 1 fully saturated rings. The third-order valence-corrected chi connectivity index (χ3v) is 4.91. The summed E-state index contributed by atoms with van der Waals surface area (Å²) in [6, 6.07) is 4.65. The molecule has 0 radical (unpaired) electrons. The van der Waals surface area contributed by atoms with Crippen molar-refractivity contribution in [3.8, 4) is 5.75 Å². The van der Waals surface area contributed by atoms with Crippen LogP contribution in [0, 0.1) is 0 Å². The quantitative estimate of drug-likeness (QED) is 0.822. The van der Waals surface area contributed by atoms with E-state index in [1.807, 2.05) is 0 Å². The molecule has 0 aromatic heterocycles. The van der Waals surface area contributed by atoms with Crippen molar-refractivity contribution in [1.82, 2.24) is 0 Å². The fourth-order valence-electron chi connectivity index (χ4n) is 1.43. The molecular formula is C10H11ClO3S. The largest absolute Gasteiger partial charge is 0.495 e. The van der Waals surface area contributed by atoms with Crippen LogP contribution in [0.4, 0.5) is 0 Å². The highest BCUT2D eigenvalue weighted by atomic mass is 35.5. The molecule has 3 nitrogen and oxygen atoms in total. The second-order valence-electron chi connectivity index (χ2n) is 3.54. The minimum atomic E-state index is -3.24. The van der Waals surface area contributed by atoms with Crippen LogP contribution < -0.4 is 4.74 Å². The number of benzene rings is 1. The third-order valence-electron chi connectivity index (χ3n) is 2.40. The van der Waals surface area contributed by atoms with Gasteiger partial charge in [0.1, 0.15) is 10.6 Å². The molecule has 0 unspecified atom stereocenters. The van der Waals surface area contributed by atoms with Gasteiger partial charge in [0.05, 0.1) is 12.4 Å². The van der Waals surface area contributed by atoms with Gasteiger partial charge in [-0.2, -0.15) is 0 Å². The van der Waals surface area contributed by atoms with Crippen molar-refractivity contribution >= 4 is 21.4 Å². The van der Waals surface area contributed by atoms with Crippen LogP contribution in [0.25, 0.3) is 0 Å². The zero-order valence-corrected chi connectivity index (χ0v) is 9.81. The van der Waals surface area contributed by atoms with Gasteiger partial charge in [0.2, 0.25) is 0 Å². The van der Waals surface area contributed by atoms with E-state index in [1.54, 1.807) is 12.1 Å². The predicted octanol–water partition coefficient (Wildman–Crippen LogP) is 2.28. The average molecular weight is 247 g/mol. The van der Waals surface area contributed by atoms with Crippen LogP contribution in [0.15, 0.2) is 23.1 Å². The van der Waals surface area contributed by atoms with Crippen molar-refractivity contribution in [2.75, 3.05) is 7.11 Å². The van der Waals surface area contributed by atoms with E-state index in [0.29, 0.717) is 10.8 Å². The maximum atomic E-state index is 12.0. The lowest BCUT2D eigenvalue weighted by atomic mass is 10.3. The van der Waals surface area contributed by atoms with Gasteiger partial charge in [-0.25, -0.2) is 8.42 Å². The molecule has 0 atom stereocenters. The first-order valence-electron chi connectivity index (χ1n) is 4.63. The van der Waals surface area contributed by atoms with E-state index in [9.17, 15) is 8.42 Å². The molecule has 1 saturated carbocycles. The summed E-state index contributed by atoms with van der Waals surface area (Å²) in [7, 11) is -1.79. The second-order valence-corrected chi connectivity index (χ2v) is 6.17. The van der Waals surface area contributed by atoms with Crippen LogP contribution in [0.1, 0.15) is 12.8 Å². The smallest absolute Gasteiger partial charge is 0.184 e. The van der Waals surface area contributed by atoms with Crippen LogP contribution in [0.2, 0.25) is 5.02 Å². The van der Waals surface area contributed by atoms with E-state index >= 15 is 0 Å². The number of halogens is 1. The molecule has 0 amide bonds. The molecule has 1 aromatic carbocycles. The Morgan fingerprint density at radius 3 is 2.60 bits per heavy atom. The molecule has 0 saturated heterocycles. The standard InChI is InChI=1S/C10H11ClO3S/c1-14-9-5-2-7(11)6-10(9)15(12,13)8-3-4-8/h2,5-6,8H,3-4H2,1H3. The van der Waals surface area contributed by atoms with E-state index in [4.69, 9.17) is 16.3 Å². The zero-order chi connectivity index (χ0) is 11.1. The molecular weight excluding hydrogens is 236 g/mol. The number of hydrogen-bond acceptors (Lipinski definition) is 3. The average Bonchev–Trinajstić information content (AvgIpc) is 3.01. The normalized spacial score (nSPS) is 16.4. The van der Waals surface area contributed by atoms with E-state index < -0.39 is 9.84 Å². The minimum absolute atomic E-state index is 0.208. The van der Waals surface area contributed by atoms with Crippen LogP contribution in [-0.4, -0.2) is 20.8 Å². The number of rotatable bonds is 3. The van der Waals surface area contributed by atoms with E-state index in [2.05, 4.69) is 0 Å². The van der Waals surface area contributed by atoms with Crippen molar-refractivity contribution in [2.24, 2.45) is 0 Å². The highest BCUT2D eigenvalue weighted by Gasteiger charge is 2.38. The first-order chi connectivity index (χ1) is 7.05. The topological polar surface area (TPSA) is 43.4 Å². The maximum Gasteiger partial charge on any atom is 0.184 e. The van der Waals surface area contributed by atoms with Gasteiger partial charge in [0, 0.05) is 5.02 Å². The van der Waals surface area contributed by atoms with Gasteiger partial charge in [0.25, 0.3) is 0 Å². The van der Waals surface area contributed by atoms with Gasteiger partial charge in [0.15, 0.2) is 9.84 Å². The molecule has 1 aliphatic carbocycles. The summed E-state index contributed by atoms with van der Waals surface area (Å²) in [5, 5.41) is 0.167. The molecule has 1 aromatic rings. The molecule has 0 heterocycles. The van der Waals surface area contributed by atoms with Crippen LogP contribution in [0.3, 0.4) is 0 Å². The second kappa shape index (κ2) is 3.68. The lowest BCUT2D eigenvalue weighted by Crippen LogP contribution is -2.08. The van der Waals surface area contributed by atoms with Crippen molar-refractivity contribution < 1.29 is 13.2 Å². The Kier molecular flexibility index (Phi) is 2.64. The van der Waals surface area contributed by atoms with Gasteiger partial charge < -0.3 is 4.74 Å². The van der Waals surface area contributed by atoms with E-state index in [0.717, 1.165) is 12.8 Å². The Morgan fingerprint density at radius 2 is 2.07 bits per heavy atom. The Bertz CT molecular complexity index is 477. The highest BCUT2D eigenvalue weighted by molar-refractivity contribution is 7.92. The molecule has 82 valence electrons. The monoisotopic (exact) mass is 246 g/mol. The molecule has 5 heteroatoms. The summed E-state index contributed by atoms with van der Waals surface area (Å²) in [5.41, 5.74) is 0. The highest BCUT2D eigenvalue weighted by Crippen LogP contribution is 2.38. The summed E-state index contributed by atoms with van der Waals surface area (Å²) < 4.78 is 29.0. The lowest BCUT2D eigenvalue weighted by molar-refractivity contribution is 0.402. The molecule has 2 rings (SSSR count). The molecule has 15 heavy (non-hydrogen) atoms. The van der Waals surface area contributed by atoms with Crippen molar-refractivity contribution in [3.63, 3.8) is 0 Å². The Balaban J connectivity index is 2.54. The summed E-state index contributed by atoms with van der Waals surface area (Å²) in [4.78, 5) is 0.208. The van der Waals surface area contributed by atoms with Gasteiger partial charge in [-0.1, -0.05) is 11.6 Å². The number of methoxy groups -OCH3 is 1. The molecule has 1 aliphatic rings. The van der Waals surface area contributed by atoms with E-state index in [-0.39, 0.29) is 10.1 Å². The Hall–Kier alpha value is -0.740. The van der Waals surface area contributed by atoms with Crippen molar-refractivity contribution in [2.45, 2.75) is 23.0 Å². The first-order valence-corrected chi connectivity index (χ1v) is 6.55. The fourth-order valence-corrected chi connectivity index (χ4v) is 3.51. The number of hydrogen-bond donors (Lipinski definition) is 0. The van der Waals surface area contributed by atoms with Crippen LogP contribution >= 0.6 is 11.6 Å². The SMILES string of the molecule is COc1ccc(Cl)cc1S(=O)(=O)C1CC1. The van der Waals surface area contributed by atoms with Crippen molar-refractivity contribution in [3.05, 3.63) is 23.2 Å². The van der Waals surface area contributed by atoms with Gasteiger partial charge in [-0.15, -0.1) is 0 Å². The Morgan fingerprint density at radius 1 is 1.40 bits per heavy atom. The third kappa shape index (κ3) is 1.96. The number of sulfone groups is 1. The summed E-state index contributed by atoms with van der Waals surface area (Å²) >= 11 is 5.78. The van der Waals surface area contributed by atoms with Crippen molar-refractivity contribution in [1.29, 1.82) is 0 Å². The van der Waals surface area contributed by atoms with Gasteiger partial charge in [-0.05, 0) is 31.0 Å². The zero-order valence-electron chi connectivity index (χ0n) is 8.23. The van der Waals surface area contributed by atoms with Crippen LogP contribution in [0.5, 0.6) is 5.75 Å². The van der Waals surface area contributed by atoms with Gasteiger partial charge in [-0.3, -0.25) is 0 Å². The predicted molar refractivity (Wildman–Crippen MR) is 58.2 cm³/mol. The van der Waals surface area contributed by atoms with Gasteiger partial charge >= 0.3 is 0 Å². The summed E-state index contributed by atoms with van der Waals surface area (Å²) in [5.74, 6) is 0.367. The summed E-state index contributed by atoms with van der Waals surface area (Å²) in [6.07, 6.45) is 1.47. The maximum absolute atomic E-state index is 12.0. The minimum Gasteiger partial charge on any atom is -0.495 e. The Labute approximate surface area is 93.9 Å². The lowest BCUT2D eigenvalue weighted by Gasteiger charge is -2.08. The molecule has 0 aliphatic heterocycles. The fraction of sp³-hybridized carbons (Fsp3) is 0.400. The number of ether oxygens (including phenoxy) is 1.